The van der Waals surface area contributed by atoms with Crippen LogP contribution in [0.15, 0.2) is 60.8 Å². The topological polar surface area (TPSA) is 132 Å². The quantitative estimate of drug-likeness (QED) is 0.229. The first-order valence-corrected chi connectivity index (χ1v) is 14.5. The van der Waals surface area contributed by atoms with Crippen molar-refractivity contribution in [3.8, 4) is 11.1 Å². The van der Waals surface area contributed by atoms with E-state index in [2.05, 4.69) is 20.7 Å². The summed E-state index contributed by atoms with van der Waals surface area (Å²) in [5.41, 5.74) is 9.52. The molecule has 0 saturated heterocycles. The van der Waals surface area contributed by atoms with Gasteiger partial charge >= 0.3 is 0 Å². The van der Waals surface area contributed by atoms with Gasteiger partial charge in [-0.25, -0.2) is 8.78 Å². The summed E-state index contributed by atoms with van der Waals surface area (Å²) in [6.45, 7) is 5.39. The molecule has 1 aliphatic carbocycles. The lowest BCUT2D eigenvalue weighted by Gasteiger charge is -2.22. The SMILES string of the molecule is Cc1ccc(-c2cccnc2[C@H](Cc2cc(F)cc(F)c2)NC(=O)Cn2nc(C(C)C)cc2C(=O)NC2CC2)cc1C(N)=O. The molecule has 0 aliphatic heterocycles. The van der Waals surface area contributed by atoms with E-state index >= 15 is 0 Å². The molecule has 1 saturated carbocycles. The number of carbonyl (C=O) groups excluding carboxylic acids is 3. The Labute approximate surface area is 253 Å². The molecule has 11 heteroatoms. The van der Waals surface area contributed by atoms with Crippen LogP contribution in [0.25, 0.3) is 11.1 Å². The van der Waals surface area contributed by atoms with E-state index in [-0.39, 0.29) is 36.5 Å². The lowest BCUT2D eigenvalue weighted by molar-refractivity contribution is -0.122. The Morgan fingerprint density at radius 1 is 1.05 bits per heavy atom. The van der Waals surface area contributed by atoms with Crippen molar-refractivity contribution in [3.63, 3.8) is 0 Å². The van der Waals surface area contributed by atoms with E-state index in [1.807, 2.05) is 19.9 Å². The van der Waals surface area contributed by atoms with E-state index in [0.29, 0.717) is 39.2 Å². The van der Waals surface area contributed by atoms with E-state index in [9.17, 15) is 23.2 Å². The average Bonchev–Trinajstić information content (AvgIpc) is 3.67. The van der Waals surface area contributed by atoms with Crippen LogP contribution in [-0.2, 0) is 17.8 Å². The summed E-state index contributed by atoms with van der Waals surface area (Å²) < 4.78 is 29.7. The van der Waals surface area contributed by atoms with Gasteiger partial charge < -0.3 is 16.4 Å². The van der Waals surface area contributed by atoms with Crippen molar-refractivity contribution in [2.75, 3.05) is 0 Å². The van der Waals surface area contributed by atoms with Crippen molar-refractivity contribution >= 4 is 17.7 Å². The van der Waals surface area contributed by atoms with E-state index < -0.39 is 29.5 Å². The van der Waals surface area contributed by atoms with Crippen LogP contribution in [0.5, 0.6) is 0 Å². The number of pyridine rings is 1. The van der Waals surface area contributed by atoms with Crippen LogP contribution in [-0.4, -0.2) is 38.5 Å². The molecule has 0 radical (unpaired) electrons. The first kappa shape index (κ1) is 30.5. The molecule has 0 spiro atoms. The summed E-state index contributed by atoms with van der Waals surface area (Å²) in [5, 5.41) is 10.4. The summed E-state index contributed by atoms with van der Waals surface area (Å²) >= 11 is 0. The Bertz CT molecular complexity index is 1710. The summed E-state index contributed by atoms with van der Waals surface area (Å²) in [6, 6.07) is 12.9. The van der Waals surface area contributed by atoms with Crippen LogP contribution in [0, 0.1) is 18.6 Å². The van der Waals surface area contributed by atoms with Gasteiger partial charge in [0, 0.05) is 29.4 Å². The van der Waals surface area contributed by atoms with E-state index in [4.69, 9.17) is 5.73 Å². The number of nitrogens with zero attached hydrogens (tertiary/aromatic N) is 3. The van der Waals surface area contributed by atoms with E-state index in [1.165, 1.54) is 16.8 Å². The smallest absolute Gasteiger partial charge is 0.269 e. The van der Waals surface area contributed by atoms with Crippen molar-refractivity contribution in [1.82, 2.24) is 25.4 Å². The highest BCUT2D eigenvalue weighted by molar-refractivity contribution is 5.96. The van der Waals surface area contributed by atoms with Crippen molar-refractivity contribution < 1.29 is 23.2 Å². The molecule has 2 heterocycles. The first-order valence-electron chi connectivity index (χ1n) is 14.5. The molecular weight excluding hydrogens is 566 g/mol. The van der Waals surface area contributed by atoms with Crippen LogP contribution < -0.4 is 16.4 Å². The van der Waals surface area contributed by atoms with Gasteiger partial charge in [-0.05, 0) is 79.1 Å². The third kappa shape index (κ3) is 7.16. The molecule has 44 heavy (non-hydrogen) atoms. The van der Waals surface area contributed by atoms with Gasteiger partial charge in [0.15, 0.2) is 0 Å². The highest BCUT2D eigenvalue weighted by atomic mass is 19.1. The maximum atomic E-state index is 14.2. The molecule has 1 aliphatic rings. The number of amides is 3. The summed E-state index contributed by atoms with van der Waals surface area (Å²) in [5.74, 6) is -2.85. The fourth-order valence-electron chi connectivity index (χ4n) is 5.06. The van der Waals surface area contributed by atoms with Gasteiger partial charge in [-0.3, -0.25) is 24.0 Å². The highest BCUT2D eigenvalue weighted by Crippen LogP contribution is 2.30. The van der Waals surface area contributed by atoms with E-state index in [0.717, 1.165) is 18.9 Å². The number of nitrogens with one attached hydrogen (secondary N) is 2. The molecule has 4 N–H and O–H groups in total. The molecule has 9 nitrogen and oxygen atoms in total. The zero-order valence-electron chi connectivity index (χ0n) is 24.7. The maximum Gasteiger partial charge on any atom is 0.269 e. The van der Waals surface area contributed by atoms with Gasteiger partial charge in [-0.15, -0.1) is 0 Å². The number of carbonyl (C=O) groups is 3. The minimum atomic E-state index is -0.845. The van der Waals surface area contributed by atoms with Gasteiger partial charge in [0.05, 0.1) is 17.4 Å². The van der Waals surface area contributed by atoms with E-state index in [1.54, 1.807) is 43.5 Å². The number of aromatic nitrogens is 3. The fraction of sp³-hybridized carbons (Fsp3) is 0.303. The van der Waals surface area contributed by atoms with Gasteiger partial charge in [-0.2, -0.15) is 5.10 Å². The van der Waals surface area contributed by atoms with Crippen LogP contribution in [0.2, 0.25) is 0 Å². The molecule has 228 valence electrons. The minimum absolute atomic E-state index is 0.00431. The number of halogens is 2. The largest absolute Gasteiger partial charge is 0.366 e. The zero-order valence-corrected chi connectivity index (χ0v) is 24.7. The molecule has 0 unspecified atom stereocenters. The zero-order chi connectivity index (χ0) is 31.5. The fourth-order valence-corrected chi connectivity index (χ4v) is 5.06. The number of nitrogens with two attached hydrogens (primary N) is 1. The Balaban J connectivity index is 1.50. The van der Waals surface area contributed by atoms with Gasteiger partial charge in [0.1, 0.15) is 23.9 Å². The van der Waals surface area contributed by atoms with Gasteiger partial charge in [0.2, 0.25) is 11.8 Å². The normalized spacial score (nSPS) is 13.5. The molecule has 5 rings (SSSR count). The van der Waals surface area contributed by atoms with Gasteiger partial charge in [0.25, 0.3) is 5.91 Å². The second-order valence-corrected chi connectivity index (χ2v) is 11.4. The Kier molecular flexibility index (Phi) is 8.84. The van der Waals surface area contributed by atoms with Crippen molar-refractivity contribution in [2.24, 2.45) is 5.73 Å². The number of rotatable bonds is 11. The molecular formula is C33H34F2N6O3. The third-order valence-electron chi connectivity index (χ3n) is 7.51. The van der Waals surface area contributed by atoms with Crippen LogP contribution >= 0.6 is 0 Å². The molecule has 2 aromatic heterocycles. The standard InChI is InChI=1S/C33H34F2N6O3/c1-18(2)27-16-29(33(44)38-24-8-9-24)41(40-27)17-30(42)39-28(13-20-11-22(34)15-23(35)12-20)31-25(5-4-10-37-31)21-7-6-19(3)26(14-21)32(36)43/h4-7,10-12,14-16,18,24,28H,8-9,13,17H2,1-3H3,(H2,36,43)(H,38,44)(H,39,42)/t28-/m0/s1. The number of aryl methyl sites for hydroxylation is 1. The lowest BCUT2D eigenvalue weighted by Crippen LogP contribution is -2.35. The number of hydrogen-bond acceptors (Lipinski definition) is 5. The average molecular weight is 601 g/mol. The monoisotopic (exact) mass is 600 g/mol. The second-order valence-electron chi connectivity index (χ2n) is 11.4. The van der Waals surface area contributed by atoms with Gasteiger partial charge in [-0.1, -0.05) is 32.0 Å². The molecule has 4 aromatic rings. The predicted molar refractivity (Wildman–Crippen MR) is 161 cm³/mol. The van der Waals surface area contributed by atoms with Crippen molar-refractivity contribution in [2.45, 2.75) is 64.6 Å². The summed E-state index contributed by atoms with van der Waals surface area (Å²) in [4.78, 5) is 43.2. The first-order chi connectivity index (χ1) is 21.0. The van der Waals surface area contributed by atoms with Crippen molar-refractivity contribution in [1.29, 1.82) is 0 Å². The third-order valence-corrected chi connectivity index (χ3v) is 7.51. The number of benzene rings is 2. The maximum absolute atomic E-state index is 14.2. The Morgan fingerprint density at radius 2 is 1.77 bits per heavy atom. The molecule has 3 amide bonds. The number of hydrogen-bond donors (Lipinski definition) is 3. The van der Waals surface area contributed by atoms with Crippen LogP contribution in [0.3, 0.4) is 0 Å². The summed E-state index contributed by atoms with van der Waals surface area (Å²) in [7, 11) is 0. The number of primary amides is 1. The Morgan fingerprint density at radius 3 is 2.43 bits per heavy atom. The molecule has 1 atom stereocenters. The Hall–Kier alpha value is -4.93. The second kappa shape index (κ2) is 12.7. The highest BCUT2D eigenvalue weighted by Gasteiger charge is 2.28. The predicted octanol–water partition coefficient (Wildman–Crippen LogP) is 4.75. The minimum Gasteiger partial charge on any atom is -0.366 e. The molecule has 2 aromatic carbocycles. The van der Waals surface area contributed by atoms with Crippen LogP contribution in [0.4, 0.5) is 8.78 Å². The lowest BCUT2D eigenvalue weighted by atomic mass is 9.93. The summed E-state index contributed by atoms with van der Waals surface area (Å²) in [6.07, 6.45) is 3.38. The molecule has 0 bridgehead atoms. The van der Waals surface area contributed by atoms with Crippen molar-refractivity contribution in [3.05, 3.63) is 106 Å². The molecule has 1 fully saturated rings. The van der Waals surface area contributed by atoms with Crippen LogP contribution in [0.1, 0.15) is 82.0 Å².